The Kier molecular flexibility index (Phi) is 4.22. The van der Waals surface area contributed by atoms with E-state index in [0.717, 1.165) is 30.8 Å². The van der Waals surface area contributed by atoms with Crippen molar-refractivity contribution in [3.05, 3.63) is 59.7 Å². The second-order valence-corrected chi connectivity index (χ2v) is 6.95. The average Bonchev–Trinajstić information content (AvgIpc) is 3.06. The zero-order valence-electron chi connectivity index (χ0n) is 14.8. The molecule has 2 aliphatic rings. The fourth-order valence-corrected chi connectivity index (χ4v) is 4.00. The smallest absolute Gasteiger partial charge is 0.267 e. The van der Waals surface area contributed by atoms with E-state index in [1.165, 1.54) is 11.1 Å². The molecule has 25 heavy (non-hydrogen) atoms. The summed E-state index contributed by atoms with van der Waals surface area (Å²) < 4.78 is 5.72. The lowest BCUT2D eigenvalue weighted by atomic mass is 10.1. The van der Waals surface area contributed by atoms with Gasteiger partial charge in [-0.15, -0.1) is 0 Å². The second kappa shape index (κ2) is 6.52. The summed E-state index contributed by atoms with van der Waals surface area (Å²) in [5.74, 6) is 0.836. The lowest BCUT2D eigenvalue weighted by Gasteiger charge is -2.35. The van der Waals surface area contributed by atoms with Gasteiger partial charge in [0.1, 0.15) is 5.75 Å². The van der Waals surface area contributed by atoms with Crippen molar-refractivity contribution in [2.45, 2.75) is 31.9 Å². The third-order valence-electron chi connectivity index (χ3n) is 5.38. The molecule has 2 aromatic rings. The Balaban J connectivity index is 1.49. The van der Waals surface area contributed by atoms with Crippen LogP contribution in [0.1, 0.15) is 30.5 Å². The highest BCUT2D eigenvalue weighted by Gasteiger charge is 2.32. The minimum absolute atomic E-state index is 0.0407. The Labute approximate surface area is 149 Å². The highest BCUT2D eigenvalue weighted by Crippen LogP contribution is 2.36. The molecular formula is C21H24N2O2. The van der Waals surface area contributed by atoms with Crippen LogP contribution in [0, 0.1) is 0 Å². The number of hydrogen-bond acceptors (Lipinski definition) is 3. The van der Waals surface area contributed by atoms with Crippen LogP contribution in [0.3, 0.4) is 0 Å². The number of nitrogens with zero attached hydrogens (tertiary/aromatic N) is 2. The van der Waals surface area contributed by atoms with Crippen LogP contribution >= 0.6 is 0 Å². The lowest BCUT2D eigenvalue weighted by molar-refractivity contribution is -0.125. The SMILES string of the molecule is C[C@H]1Oc2ccccc2N(CCN(C)[C@H]2CCc3ccccc32)C1=O. The highest BCUT2D eigenvalue weighted by atomic mass is 16.5. The van der Waals surface area contributed by atoms with Crippen molar-refractivity contribution >= 4 is 11.6 Å². The quantitative estimate of drug-likeness (QED) is 0.858. The molecule has 0 spiro atoms. The van der Waals surface area contributed by atoms with Crippen molar-refractivity contribution < 1.29 is 9.53 Å². The van der Waals surface area contributed by atoms with Gasteiger partial charge < -0.3 is 9.64 Å². The third-order valence-corrected chi connectivity index (χ3v) is 5.38. The molecule has 1 aliphatic carbocycles. The molecule has 2 aromatic carbocycles. The Hall–Kier alpha value is -2.33. The van der Waals surface area contributed by atoms with Gasteiger partial charge >= 0.3 is 0 Å². The molecule has 130 valence electrons. The molecule has 4 rings (SSSR count). The van der Waals surface area contributed by atoms with E-state index in [4.69, 9.17) is 4.74 Å². The van der Waals surface area contributed by atoms with E-state index in [-0.39, 0.29) is 5.91 Å². The van der Waals surface area contributed by atoms with E-state index in [0.29, 0.717) is 12.6 Å². The second-order valence-electron chi connectivity index (χ2n) is 6.95. The number of anilines is 1. The molecule has 4 nitrogen and oxygen atoms in total. The van der Waals surface area contributed by atoms with E-state index in [9.17, 15) is 4.79 Å². The van der Waals surface area contributed by atoms with Crippen LogP contribution in [0.2, 0.25) is 0 Å². The molecule has 1 heterocycles. The predicted octanol–water partition coefficient (Wildman–Crippen LogP) is 3.42. The van der Waals surface area contributed by atoms with Crippen molar-refractivity contribution in [3.8, 4) is 5.75 Å². The zero-order chi connectivity index (χ0) is 17.4. The first-order chi connectivity index (χ1) is 12.1. The summed E-state index contributed by atoms with van der Waals surface area (Å²) in [5.41, 5.74) is 3.78. The fraction of sp³-hybridized carbons (Fsp3) is 0.381. The van der Waals surface area contributed by atoms with E-state index in [1.54, 1.807) is 0 Å². The van der Waals surface area contributed by atoms with Crippen LogP contribution in [0.5, 0.6) is 5.75 Å². The molecule has 0 aromatic heterocycles. The van der Waals surface area contributed by atoms with Crippen LogP contribution in [0.15, 0.2) is 48.5 Å². The Morgan fingerprint density at radius 1 is 1.16 bits per heavy atom. The van der Waals surface area contributed by atoms with Crippen LogP contribution < -0.4 is 9.64 Å². The molecule has 0 fully saturated rings. The number of hydrogen-bond donors (Lipinski definition) is 0. The standard InChI is InChI=1S/C21H24N2O2/c1-15-21(24)23(19-9-5-6-10-20(19)25-15)14-13-22(2)18-12-11-16-7-3-4-8-17(16)18/h3-10,15,18H,11-14H2,1-2H3/t15-,18+/m1/s1. The highest BCUT2D eigenvalue weighted by molar-refractivity contribution is 5.99. The van der Waals surface area contributed by atoms with E-state index in [1.807, 2.05) is 36.1 Å². The minimum Gasteiger partial charge on any atom is -0.479 e. The van der Waals surface area contributed by atoms with Gasteiger partial charge in [0, 0.05) is 19.1 Å². The molecule has 2 atom stereocenters. The van der Waals surface area contributed by atoms with Gasteiger partial charge in [0.25, 0.3) is 5.91 Å². The van der Waals surface area contributed by atoms with Gasteiger partial charge in [-0.2, -0.15) is 0 Å². The summed E-state index contributed by atoms with van der Waals surface area (Å²) in [6, 6.07) is 16.9. The Morgan fingerprint density at radius 3 is 2.80 bits per heavy atom. The van der Waals surface area contributed by atoms with Gasteiger partial charge in [0.2, 0.25) is 0 Å². The van der Waals surface area contributed by atoms with Gasteiger partial charge in [-0.05, 0) is 50.1 Å². The summed E-state index contributed by atoms with van der Waals surface area (Å²) >= 11 is 0. The Bertz CT molecular complexity index is 789. The largest absolute Gasteiger partial charge is 0.479 e. The fourth-order valence-electron chi connectivity index (χ4n) is 4.00. The number of rotatable bonds is 4. The molecule has 0 bridgehead atoms. The van der Waals surface area contributed by atoms with Crippen molar-refractivity contribution in [3.63, 3.8) is 0 Å². The number of benzene rings is 2. The number of carbonyl (C=O) groups excluding carboxylic acids is 1. The number of amides is 1. The van der Waals surface area contributed by atoms with E-state index in [2.05, 4.69) is 36.2 Å². The molecule has 0 N–H and O–H groups in total. The molecule has 0 saturated heterocycles. The van der Waals surface area contributed by atoms with Crippen molar-refractivity contribution in [2.75, 3.05) is 25.0 Å². The minimum atomic E-state index is -0.424. The maximum Gasteiger partial charge on any atom is 0.267 e. The first kappa shape index (κ1) is 16.2. The van der Waals surface area contributed by atoms with Crippen molar-refractivity contribution in [2.24, 2.45) is 0 Å². The topological polar surface area (TPSA) is 32.8 Å². The van der Waals surface area contributed by atoms with Gasteiger partial charge in [-0.1, -0.05) is 36.4 Å². The summed E-state index contributed by atoms with van der Waals surface area (Å²) in [7, 11) is 2.16. The van der Waals surface area contributed by atoms with Crippen molar-refractivity contribution in [1.29, 1.82) is 0 Å². The van der Waals surface area contributed by atoms with Crippen molar-refractivity contribution in [1.82, 2.24) is 4.90 Å². The molecule has 0 saturated carbocycles. The molecular weight excluding hydrogens is 312 g/mol. The number of fused-ring (bicyclic) bond motifs is 2. The number of carbonyl (C=O) groups is 1. The monoisotopic (exact) mass is 336 g/mol. The normalized spacial score (nSPS) is 21.9. The van der Waals surface area contributed by atoms with E-state index < -0.39 is 6.10 Å². The van der Waals surface area contributed by atoms with Crippen LogP contribution in [0.4, 0.5) is 5.69 Å². The van der Waals surface area contributed by atoms with Gasteiger partial charge in [-0.3, -0.25) is 9.69 Å². The number of para-hydroxylation sites is 2. The number of ether oxygens (including phenoxy) is 1. The first-order valence-corrected chi connectivity index (χ1v) is 9.00. The van der Waals surface area contributed by atoms with Gasteiger partial charge in [0.15, 0.2) is 6.10 Å². The maximum absolute atomic E-state index is 12.6. The third kappa shape index (κ3) is 2.91. The Morgan fingerprint density at radius 2 is 1.92 bits per heavy atom. The molecule has 0 unspecified atom stereocenters. The summed E-state index contributed by atoms with van der Waals surface area (Å²) in [6.07, 6.45) is 1.87. The summed E-state index contributed by atoms with van der Waals surface area (Å²) in [6.45, 7) is 3.34. The van der Waals surface area contributed by atoms with Gasteiger partial charge in [0.05, 0.1) is 5.69 Å². The molecule has 0 radical (unpaired) electrons. The van der Waals surface area contributed by atoms with Crippen LogP contribution in [-0.2, 0) is 11.2 Å². The average molecular weight is 336 g/mol. The zero-order valence-corrected chi connectivity index (χ0v) is 14.8. The number of aryl methyl sites for hydroxylation is 1. The van der Waals surface area contributed by atoms with Crippen LogP contribution in [-0.4, -0.2) is 37.0 Å². The predicted molar refractivity (Wildman–Crippen MR) is 99.0 cm³/mol. The van der Waals surface area contributed by atoms with Gasteiger partial charge in [-0.25, -0.2) is 0 Å². The lowest BCUT2D eigenvalue weighted by Crippen LogP contribution is -2.47. The van der Waals surface area contributed by atoms with E-state index >= 15 is 0 Å². The summed E-state index contributed by atoms with van der Waals surface area (Å²) in [4.78, 5) is 16.9. The first-order valence-electron chi connectivity index (χ1n) is 9.00. The maximum atomic E-state index is 12.6. The molecule has 1 aliphatic heterocycles. The number of likely N-dealkylation sites (N-methyl/N-ethyl adjacent to an activating group) is 1. The summed E-state index contributed by atoms with van der Waals surface area (Å²) in [5, 5.41) is 0. The molecule has 4 heteroatoms. The molecule has 1 amide bonds. The van der Waals surface area contributed by atoms with Crippen LogP contribution in [0.25, 0.3) is 0 Å².